The molecule has 0 aliphatic carbocycles. The Morgan fingerprint density at radius 3 is 2.06 bits per heavy atom. The minimum atomic E-state index is -0.237. The van der Waals surface area contributed by atoms with Crippen LogP contribution in [0.3, 0.4) is 0 Å². The highest BCUT2D eigenvalue weighted by Crippen LogP contribution is 2.30. The van der Waals surface area contributed by atoms with E-state index in [2.05, 4.69) is 93.6 Å². The molecule has 0 radical (unpaired) electrons. The molecule has 1 aliphatic heterocycles. The summed E-state index contributed by atoms with van der Waals surface area (Å²) < 4.78 is 0. The fourth-order valence-electron chi connectivity index (χ4n) is 3.50. The Hall–Kier alpha value is -3.46. The van der Waals surface area contributed by atoms with Crippen LogP contribution in [0.15, 0.2) is 102 Å². The Labute approximate surface area is 221 Å². The fourth-order valence-corrected chi connectivity index (χ4v) is 3.50. The van der Waals surface area contributed by atoms with Crippen molar-refractivity contribution in [3.05, 3.63) is 114 Å². The van der Waals surface area contributed by atoms with E-state index in [0.29, 0.717) is 0 Å². The van der Waals surface area contributed by atoms with E-state index in [4.69, 9.17) is 4.99 Å². The maximum absolute atomic E-state index is 4.94. The van der Waals surface area contributed by atoms with Crippen LogP contribution < -0.4 is 5.32 Å². The van der Waals surface area contributed by atoms with Crippen molar-refractivity contribution in [3.8, 4) is 0 Å². The zero-order valence-electron chi connectivity index (χ0n) is 24.0. The third-order valence-corrected chi connectivity index (χ3v) is 4.81. The Morgan fingerprint density at radius 2 is 1.53 bits per heavy atom. The van der Waals surface area contributed by atoms with Crippen molar-refractivity contribution in [3.63, 3.8) is 0 Å². The average molecular weight is 486 g/mol. The molecular formula is C33H47N3. The first-order valence-corrected chi connectivity index (χ1v) is 13.0. The van der Waals surface area contributed by atoms with Crippen molar-refractivity contribution in [2.24, 2.45) is 9.98 Å². The average Bonchev–Trinajstić information content (AvgIpc) is 2.88. The van der Waals surface area contributed by atoms with Crippen LogP contribution in [0, 0.1) is 6.92 Å². The van der Waals surface area contributed by atoms with Gasteiger partial charge in [0.2, 0.25) is 0 Å². The van der Waals surface area contributed by atoms with Crippen LogP contribution in [-0.2, 0) is 0 Å². The maximum atomic E-state index is 4.94. The third-order valence-electron chi connectivity index (χ3n) is 4.81. The smallest absolute Gasteiger partial charge is 0.169 e. The van der Waals surface area contributed by atoms with Crippen molar-refractivity contribution >= 4 is 17.2 Å². The molecule has 0 aromatic heterocycles. The molecule has 3 rings (SSSR count). The van der Waals surface area contributed by atoms with E-state index in [-0.39, 0.29) is 6.17 Å². The van der Waals surface area contributed by atoms with Gasteiger partial charge >= 0.3 is 0 Å². The third kappa shape index (κ3) is 10.0. The summed E-state index contributed by atoms with van der Waals surface area (Å²) in [5, 5.41) is 3.37. The zero-order valence-corrected chi connectivity index (χ0v) is 24.0. The molecule has 0 amide bonds. The quantitative estimate of drug-likeness (QED) is 0.332. The number of hydrogen-bond acceptors (Lipinski definition) is 3. The number of rotatable bonds is 5. The highest BCUT2D eigenvalue weighted by molar-refractivity contribution is 6.12. The molecule has 0 fully saturated rings. The monoisotopic (exact) mass is 485 g/mol. The van der Waals surface area contributed by atoms with Gasteiger partial charge in [0.05, 0.1) is 0 Å². The van der Waals surface area contributed by atoms with Crippen LogP contribution in [0.2, 0.25) is 0 Å². The molecule has 1 heterocycles. The summed E-state index contributed by atoms with van der Waals surface area (Å²) in [7, 11) is 0. The summed E-state index contributed by atoms with van der Waals surface area (Å²) in [6, 6.07) is 16.5. The number of nitrogens with one attached hydrogen (secondary N) is 1. The van der Waals surface area contributed by atoms with E-state index in [0.717, 1.165) is 33.9 Å². The summed E-state index contributed by atoms with van der Waals surface area (Å²) in [6.45, 7) is 25.8. The minimum absolute atomic E-state index is 0.237. The predicted molar refractivity (Wildman–Crippen MR) is 164 cm³/mol. The van der Waals surface area contributed by atoms with Gasteiger partial charge in [-0.1, -0.05) is 114 Å². The fraction of sp³-hybridized carbons (Fsp3) is 0.333. The molecule has 2 aromatic carbocycles. The van der Waals surface area contributed by atoms with E-state index >= 15 is 0 Å². The van der Waals surface area contributed by atoms with E-state index in [1.807, 2.05) is 58.9 Å². The minimum Gasteiger partial charge on any atom is -0.329 e. The predicted octanol–water partition coefficient (Wildman–Crippen LogP) is 9.63. The van der Waals surface area contributed by atoms with Crippen molar-refractivity contribution < 1.29 is 0 Å². The van der Waals surface area contributed by atoms with Crippen LogP contribution in [0.25, 0.3) is 5.57 Å². The molecule has 3 nitrogen and oxygen atoms in total. The van der Waals surface area contributed by atoms with Gasteiger partial charge in [-0.3, -0.25) is 0 Å². The number of nitrogens with zero attached hydrogens (tertiary/aromatic N) is 2. The van der Waals surface area contributed by atoms with Crippen LogP contribution >= 0.6 is 0 Å². The van der Waals surface area contributed by atoms with E-state index in [1.165, 1.54) is 17.6 Å². The first-order valence-electron chi connectivity index (χ1n) is 13.0. The second-order valence-corrected chi connectivity index (χ2v) is 8.02. The summed E-state index contributed by atoms with van der Waals surface area (Å²) in [5.74, 6) is 1.70. The molecule has 1 aliphatic rings. The molecular weight excluding hydrogens is 438 g/mol. The van der Waals surface area contributed by atoms with Crippen LogP contribution in [0.4, 0.5) is 0 Å². The van der Waals surface area contributed by atoms with Gasteiger partial charge < -0.3 is 5.32 Å². The molecule has 0 bridgehead atoms. The van der Waals surface area contributed by atoms with E-state index < -0.39 is 0 Å². The number of allylic oxidation sites excluding steroid dienone is 6. The lowest BCUT2D eigenvalue weighted by Gasteiger charge is -2.23. The number of hydrogen-bond donors (Lipinski definition) is 1. The van der Waals surface area contributed by atoms with Crippen LogP contribution in [-0.4, -0.2) is 11.7 Å². The summed E-state index contributed by atoms with van der Waals surface area (Å²) in [6.07, 6.45) is 8.86. The summed E-state index contributed by atoms with van der Waals surface area (Å²) in [5.41, 5.74) is 6.79. The molecule has 36 heavy (non-hydrogen) atoms. The Balaban J connectivity index is 0.00000137. The van der Waals surface area contributed by atoms with Crippen molar-refractivity contribution in [1.82, 2.24) is 5.32 Å². The van der Waals surface area contributed by atoms with Crippen LogP contribution in [0.5, 0.6) is 0 Å². The van der Waals surface area contributed by atoms with Gasteiger partial charge in [-0.05, 0) is 62.5 Å². The number of aliphatic imine (C=N–C) groups is 2. The molecule has 2 aromatic rings. The molecule has 0 saturated carbocycles. The lowest BCUT2D eigenvalue weighted by Crippen LogP contribution is -2.34. The molecule has 1 N–H and O–H groups in total. The normalized spacial score (nSPS) is 14.6. The van der Waals surface area contributed by atoms with Crippen molar-refractivity contribution in [1.29, 1.82) is 0 Å². The molecule has 3 heteroatoms. The second-order valence-electron chi connectivity index (χ2n) is 8.02. The van der Waals surface area contributed by atoms with Crippen molar-refractivity contribution in [2.75, 3.05) is 0 Å². The van der Waals surface area contributed by atoms with Gasteiger partial charge in [0, 0.05) is 5.56 Å². The SMILES string of the molecule is C=C/C(=C(C)\C=C/C)c1c(C)cccc1C1=NC(c2ccccc2)N=C(C)N1.C=CC.CC.CCC. The maximum Gasteiger partial charge on any atom is 0.169 e. The molecule has 0 saturated heterocycles. The number of benzene rings is 2. The van der Waals surface area contributed by atoms with Crippen molar-refractivity contribution in [2.45, 2.75) is 74.9 Å². The van der Waals surface area contributed by atoms with E-state index in [9.17, 15) is 0 Å². The van der Waals surface area contributed by atoms with Gasteiger partial charge in [-0.2, -0.15) is 0 Å². The van der Waals surface area contributed by atoms with Crippen LogP contribution in [0.1, 0.15) is 90.2 Å². The molecule has 1 atom stereocenters. The second kappa shape index (κ2) is 18.8. The largest absolute Gasteiger partial charge is 0.329 e. The van der Waals surface area contributed by atoms with Gasteiger partial charge in [0.25, 0.3) is 0 Å². The Bertz CT molecular complexity index is 1050. The Kier molecular flexibility index (Phi) is 17.0. The molecule has 194 valence electrons. The summed E-state index contributed by atoms with van der Waals surface area (Å²) >= 11 is 0. The topological polar surface area (TPSA) is 36.8 Å². The van der Waals surface area contributed by atoms with Gasteiger partial charge in [0.1, 0.15) is 11.7 Å². The zero-order chi connectivity index (χ0) is 27.5. The lowest BCUT2D eigenvalue weighted by atomic mass is 9.91. The number of aryl methyl sites for hydroxylation is 1. The molecule has 0 spiro atoms. The van der Waals surface area contributed by atoms with Gasteiger partial charge in [-0.25, -0.2) is 9.98 Å². The number of amidine groups is 2. The standard InChI is InChI=1S/C25H27N3.C3H8.C3H6.C2H6/c1-6-12-17(3)21(7-2)23-18(4)13-11-16-22(23)25-27-19(5)26-24(28-25)20-14-9-8-10-15-20;2*1-3-2;1-2/h6-16,24H,2H2,1,3-5H3,(H,26,27,28);3H2,1-2H3;3H,1H2,2H3;1-2H3/b12-6-,21-17+;;;. The Morgan fingerprint density at radius 1 is 0.944 bits per heavy atom. The summed E-state index contributed by atoms with van der Waals surface area (Å²) in [4.78, 5) is 9.62. The first-order chi connectivity index (χ1) is 17.4. The highest BCUT2D eigenvalue weighted by Gasteiger charge is 2.21. The molecule has 1 unspecified atom stereocenters. The van der Waals surface area contributed by atoms with E-state index in [1.54, 1.807) is 6.08 Å². The first kappa shape index (κ1) is 32.5. The van der Waals surface area contributed by atoms with Gasteiger partial charge in [-0.15, -0.1) is 6.58 Å². The van der Waals surface area contributed by atoms with Gasteiger partial charge in [0.15, 0.2) is 6.17 Å². The lowest BCUT2D eigenvalue weighted by molar-refractivity contribution is 0.754. The highest BCUT2D eigenvalue weighted by atomic mass is 15.2.